The van der Waals surface area contributed by atoms with Gasteiger partial charge in [0.25, 0.3) is 0 Å². The Balaban J connectivity index is 1.89. The standard InChI is InChI=1S/C14H10F3N5O2/c15-14(16,17)24-9-3-1-2-8(6-9)21-12(22-23)10-4-5-18-13-11(10)19-7-20-13/h1-7,23H,(H,21,22)(H,18,19,20). The highest BCUT2D eigenvalue weighted by atomic mass is 19.4. The molecule has 0 atom stereocenters. The number of pyridine rings is 1. The number of alkyl halides is 3. The minimum absolute atomic E-state index is 0.0100. The first-order chi connectivity index (χ1) is 11.5. The van der Waals surface area contributed by atoms with Gasteiger partial charge in [-0.2, -0.15) is 0 Å². The van der Waals surface area contributed by atoms with Crippen molar-refractivity contribution < 1.29 is 23.1 Å². The van der Waals surface area contributed by atoms with Gasteiger partial charge in [-0.1, -0.05) is 11.2 Å². The van der Waals surface area contributed by atoms with E-state index in [0.717, 1.165) is 12.1 Å². The number of rotatable bonds is 3. The van der Waals surface area contributed by atoms with Gasteiger partial charge in [0.15, 0.2) is 11.5 Å². The highest BCUT2D eigenvalue weighted by molar-refractivity contribution is 6.13. The van der Waals surface area contributed by atoms with Crippen LogP contribution in [0.3, 0.4) is 0 Å². The normalized spacial score (nSPS) is 12.4. The summed E-state index contributed by atoms with van der Waals surface area (Å²) in [5.74, 6) is -0.387. The molecule has 2 heterocycles. The number of halogens is 3. The highest BCUT2D eigenvalue weighted by Crippen LogP contribution is 2.25. The number of anilines is 1. The molecule has 0 aliphatic carbocycles. The molecule has 0 radical (unpaired) electrons. The average molecular weight is 337 g/mol. The third-order valence-electron chi connectivity index (χ3n) is 3.01. The Bertz CT molecular complexity index is 891. The van der Waals surface area contributed by atoms with Gasteiger partial charge in [-0.05, 0) is 18.2 Å². The molecular weight excluding hydrogens is 327 g/mol. The largest absolute Gasteiger partial charge is 0.573 e. The summed E-state index contributed by atoms with van der Waals surface area (Å²) < 4.78 is 40.7. The number of H-pyrrole nitrogens is 1. The number of hydrogen-bond acceptors (Lipinski definition) is 5. The lowest BCUT2D eigenvalue weighted by atomic mass is 10.2. The average Bonchev–Trinajstić information content (AvgIpc) is 3.00. The van der Waals surface area contributed by atoms with E-state index in [1.54, 1.807) is 6.07 Å². The van der Waals surface area contributed by atoms with Gasteiger partial charge < -0.3 is 20.2 Å². The number of ether oxygens (including phenoxy) is 1. The molecule has 3 aromatic rings. The van der Waals surface area contributed by atoms with Crippen molar-refractivity contribution in [3.05, 3.63) is 48.4 Å². The Morgan fingerprint density at radius 3 is 2.83 bits per heavy atom. The Morgan fingerprint density at radius 2 is 2.08 bits per heavy atom. The minimum atomic E-state index is -4.79. The fraction of sp³-hybridized carbons (Fsp3) is 0.0714. The van der Waals surface area contributed by atoms with Crippen LogP contribution in [0, 0.1) is 0 Å². The van der Waals surface area contributed by atoms with Crippen LogP contribution in [0.2, 0.25) is 0 Å². The fourth-order valence-electron chi connectivity index (χ4n) is 2.10. The maximum absolute atomic E-state index is 12.3. The smallest absolute Gasteiger partial charge is 0.409 e. The van der Waals surface area contributed by atoms with Gasteiger partial charge in [0.1, 0.15) is 5.75 Å². The Kier molecular flexibility index (Phi) is 3.94. The SMILES string of the molecule is O/N=C(\Nc1cccc(OC(F)(F)F)c1)c1ccnc2nc[nH]c12. The van der Waals surface area contributed by atoms with E-state index < -0.39 is 12.1 Å². The first-order valence-corrected chi connectivity index (χ1v) is 6.59. The van der Waals surface area contributed by atoms with E-state index in [9.17, 15) is 18.4 Å². The zero-order chi connectivity index (χ0) is 17.2. The second-order valence-corrected chi connectivity index (χ2v) is 4.61. The van der Waals surface area contributed by atoms with Crippen molar-refractivity contribution in [1.29, 1.82) is 0 Å². The first-order valence-electron chi connectivity index (χ1n) is 6.59. The predicted octanol–water partition coefficient (Wildman–Crippen LogP) is 3.10. The summed E-state index contributed by atoms with van der Waals surface area (Å²) in [6, 6.07) is 6.73. The molecule has 0 saturated heterocycles. The molecule has 0 amide bonds. The minimum Gasteiger partial charge on any atom is -0.409 e. The molecule has 24 heavy (non-hydrogen) atoms. The van der Waals surface area contributed by atoms with Gasteiger partial charge >= 0.3 is 6.36 Å². The van der Waals surface area contributed by atoms with Crippen LogP contribution in [0.5, 0.6) is 5.75 Å². The van der Waals surface area contributed by atoms with Gasteiger partial charge in [0.05, 0.1) is 11.8 Å². The Hall–Kier alpha value is -3.30. The van der Waals surface area contributed by atoms with Gasteiger partial charge in [-0.15, -0.1) is 13.2 Å². The summed E-state index contributed by atoms with van der Waals surface area (Å²) >= 11 is 0. The van der Waals surface area contributed by atoms with E-state index >= 15 is 0 Å². The summed E-state index contributed by atoms with van der Waals surface area (Å²) in [5, 5.41) is 15.1. The summed E-state index contributed by atoms with van der Waals surface area (Å²) in [4.78, 5) is 10.9. The van der Waals surface area contributed by atoms with Gasteiger partial charge in [-0.3, -0.25) is 0 Å². The van der Waals surface area contributed by atoms with Gasteiger partial charge in [0.2, 0.25) is 0 Å². The molecule has 0 aliphatic rings. The van der Waals surface area contributed by atoms with Gasteiger partial charge in [0, 0.05) is 23.5 Å². The Labute approximate surface area is 132 Å². The maximum Gasteiger partial charge on any atom is 0.573 e. The predicted molar refractivity (Wildman–Crippen MR) is 79.0 cm³/mol. The number of aromatic nitrogens is 3. The Morgan fingerprint density at radius 1 is 1.25 bits per heavy atom. The van der Waals surface area contributed by atoms with E-state index in [1.807, 2.05) is 0 Å². The zero-order valence-electron chi connectivity index (χ0n) is 11.9. The van der Waals surface area contributed by atoms with Crippen molar-refractivity contribution in [1.82, 2.24) is 15.0 Å². The summed E-state index contributed by atoms with van der Waals surface area (Å²) in [7, 11) is 0. The van der Waals surface area contributed by atoms with Crippen molar-refractivity contribution in [3.8, 4) is 5.75 Å². The van der Waals surface area contributed by atoms with Crippen LogP contribution >= 0.6 is 0 Å². The lowest BCUT2D eigenvalue weighted by molar-refractivity contribution is -0.274. The molecule has 0 unspecified atom stereocenters. The molecule has 0 spiro atoms. The first kappa shape index (κ1) is 15.6. The third-order valence-corrected chi connectivity index (χ3v) is 3.01. The highest BCUT2D eigenvalue weighted by Gasteiger charge is 2.31. The molecular formula is C14H10F3N5O2. The molecule has 10 heteroatoms. The second-order valence-electron chi connectivity index (χ2n) is 4.61. The zero-order valence-corrected chi connectivity index (χ0v) is 11.9. The van der Waals surface area contributed by atoms with Gasteiger partial charge in [-0.25, -0.2) is 9.97 Å². The molecule has 124 valence electrons. The summed E-state index contributed by atoms with van der Waals surface area (Å²) in [5.41, 5.74) is 1.61. The van der Waals surface area contributed by atoms with E-state index in [0.29, 0.717) is 16.7 Å². The van der Waals surface area contributed by atoms with Crippen LogP contribution in [0.15, 0.2) is 48.0 Å². The lowest BCUT2D eigenvalue weighted by Gasteiger charge is -2.12. The van der Waals surface area contributed by atoms with Crippen LogP contribution in [-0.4, -0.2) is 32.4 Å². The van der Waals surface area contributed by atoms with Crippen LogP contribution in [0.1, 0.15) is 5.56 Å². The van der Waals surface area contributed by atoms with Crippen molar-refractivity contribution in [2.45, 2.75) is 6.36 Å². The van der Waals surface area contributed by atoms with Crippen molar-refractivity contribution >= 4 is 22.7 Å². The molecule has 0 aliphatic heterocycles. The number of nitrogens with zero attached hydrogens (tertiary/aromatic N) is 3. The molecule has 3 rings (SSSR count). The van der Waals surface area contributed by atoms with Crippen LogP contribution in [0.25, 0.3) is 11.2 Å². The van der Waals surface area contributed by atoms with E-state index in [4.69, 9.17) is 0 Å². The monoisotopic (exact) mass is 337 g/mol. The van der Waals surface area contributed by atoms with Crippen LogP contribution < -0.4 is 10.1 Å². The third kappa shape index (κ3) is 3.37. The maximum atomic E-state index is 12.3. The van der Waals surface area contributed by atoms with Crippen LogP contribution in [0.4, 0.5) is 18.9 Å². The van der Waals surface area contributed by atoms with Crippen LogP contribution in [-0.2, 0) is 0 Å². The van der Waals surface area contributed by atoms with Crippen molar-refractivity contribution in [2.24, 2.45) is 5.16 Å². The number of benzene rings is 1. The van der Waals surface area contributed by atoms with Crippen molar-refractivity contribution in [2.75, 3.05) is 5.32 Å². The number of aromatic amines is 1. The molecule has 3 N–H and O–H groups in total. The molecule has 1 aromatic carbocycles. The van der Waals surface area contributed by atoms with E-state index in [2.05, 4.69) is 30.2 Å². The quantitative estimate of drug-likeness (QED) is 0.295. The summed E-state index contributed by atoms with van der Waals surface area (Å²) in [6.07, 6.45) is -1.90. The number of hydrogen-bond donors (Lipinski definition) is 3. The number of fused-ring (bicyclic) bond motifs is 1. The van der Waals surface area contributed by atoms with E-state index in [1.165, 1.54) is 24.7 Å². The molecule has 2 aromatic heterocycles. The fourth-order valence-corrected chi connectivity index (χ4v) is 2.10. The topological polar surface area (TPSA) is 95.4 Å². The number of amidine groups is 1. The second kappa shape index (κ2) is 6.07. The lowest BCUT2D eigenvalue weighted by Crippen LogP contribution is -2.18. The number of imidazole rings is 1. The molecule has 0 saturated carbocycles. The van der Waals surface area contributed by atoms with E-state index in [-0.39, 0.29) is 11.5 Å². The van der Waals surface area contributed by atoms with Crippen molar-refractivity contribution in [3.63, 3.8) is 0 Å². The molecule has 0 bridgehead atoms. The molecule has 7 nitrogen and oxygen atoms in total. The number of oxime groups is 1. The molecule has 0 fully saturated rings. The number of nitrogens with one attached hydrogen (secondary N) is 2. The summed E-state index contributed by atoms with van der Waals surface area (Å²) in [6.45, 7) is 0.